The average Bonchev–Trinajstić information content (AvgIpc) is 3.11. The second-order valence-corrected chi connectivity index (χ2v) is 5.46. The molecular formula is C17H22N4O4. The summed E-state index contributed by atoms with van der Waals surface area (Å²) in [6.07, 6.45) is 1.62. The Morgan fingerprint density at radius 2 is 2.08 bits per heavy atom. The second kappa shape index (κ2) is 8.29. The van der Waals surface area contributed by atoms with Gasteiger partial charge in [0, 0.05) is 13.2 Å². The molecule has 2 aromatic rings. The molecule has 0 spiro atoms. The molecule has 0 aliphatic rings. The van der Waals surface area contributed by atoms with Crippen LogP contribution in [0, 0.1) is 0 Å². The average molecular weight is 346 g/mol. The molecule has 0 bridgehead atoms. The minimum Gasteiger partial charge on any atom is -0.461 e. The van der Waals surface area contributed by atoms with Crippen LogP contribution in [0.15, 0.2) is 36.5 Å². The van der Waals surface area contributed by atoms with Gasteiger partial charge >= 0.3 is 12.0 Å². The molecule has 0 aliphatic carbocycles. The van der Waals surface area contributed by atoms with Gasteiger partial charge in [-0.2, -0.15) is 5.10 Å². The van der Waals surface area contributed by atoms with E-state index in [1.807, 2.05) is 0 Å². The number of urea groups is 1. The van der Waals surface area contributed by atoms with Gasteiger partial charge in [-0.15, -0.1) is 0 Å². The Hall–Kier alpha value is -2.87. The van der Waals surface area contributed by atoms with E-state index in [2.05, 4.69) is 10.4 Å². The normalized spacial score (nSPS) is 11.7. The standard InChI is InChI=1S/C17H22N4O4/c1-4-25-16(23)14-9-10-21(19-14)15-8-6-5-7-13(15)18-17(24)20(3)12(2)11-22/h5-10,12,22H,4,11H2,1-3H3,(H,18,24)/t12-/m1/s1. The van der Waals surface area contributed by atoms with E-state index in [9.17, 15) is 14.7 Å². The summed E-state index contributed by atoms with van der Waals surface area (Å²) in [5.74, 6) is -0.501. The van der Waals surface area contributed by atoms with E-state index in [0.717, 1.165) is 0 Å². The van der Waals surface area contributed by atoms with Crippen LogP contribution in [-0.4, -0.2) is 58.1 Å². The fourth-order valence-electron chi connectivity index (χ4n) is 2.08. The largest absolute Gasteiger partial charge is 0.461 e. The maximum Gasteiger partial charge on any atom is 0.358 e. The maximum atomic E-state index is 12.3. The predicted octanol–water partition coefficient (Wildman–Crippen LogP) is 1.89. The van der Waals surface area contributed by atoms with Gasteiger partial charge in [-0.1, -0.05) is 12.1 Å². The van der Waals surface area contributed by atoms with Gasteiger partial charge < -0.3 is 20.1 Å². The Balaban J connectivity index is 2.24. The van der Waals surface area contributed by atoms with Crippen molar-refractivity contribution in [2.75, 3.05) is 25.6 Å². The first-order valence-corrected chi connectivity index (χ1v) is 7.94. The lowest BCUT2D eigenvalue weighted by Crippen LogP contribution is -2.40. The van der Waals surface area contributed by atoms with Crippen molar-refractivity contribution in [1.29, 1.82) is 0 Å². The number of aliphatic hydroxyl groups is 1. The number of esters is 1. The number of rotatable bonds is 6. The molecule has 134 valence electrons. The predicted molar refractivity (Wildman–Crippen MR) is 92.9 cm³/mol. The molecule has 1 aromatic heterocycles. The van der Waals surface area contributed by atoms with E-state index >= 15 is 0 Å². The number of ether oxygens (including phenoxy) is 1. The molecule has 25 heavy (non-hydrogen) atoms. The minimum atomic E-state index is -0.501. The zero-order valence-corrected chi connectivity index (χ0v) is 14.5. The molecule has 8 nitrogen and oxygen atoms in total. The Labute approximate surface area is 146 Å². The van der Waals surface area contributed by atoms with Crippen molar-refractivity contribution >= 4 is 17.7 Å². The van der Waals surface area contributed by atoms with Gasteiger partial charge in [0.25, 0.3) is 0 Å². The van der Waals surface area contributed by atoms with Crippen molar-refractivity contribution in [2.24, 2.45) is 0 Å². The molecule has 0 radical (unpaired) electrons. The summed E-state index contributed by atoms with van der Waals surface area (Å²) >= 11 is 0. The van der Waals surface area contributed by atoms with Crippen LogP contribution < -0.4 is 5.32 Å². The summed E-state index contributed by atoms with van der Waals surface area (Å²) in [7, 11) is 1.60. The van der Waals surface area contributed by atoms with Gasteiger partial charge in [0.2, 0.25) is 0 Å². The summed E-state index contributed by atoms with van der Waals surface area (Å²) in [5.41, 5.74) is 1.33. The molecule has 2 rings (SSSR count). The number of nitrogens with one attached hydrogen (secondary N) is 1. The van der Waals surface area contributed by atoms with Gasteiger partial charge in [-0.25, -0.2) is 14.3 Å². The van der Waals surface area contributed by atoms with Crippen LogP contribution in [-0.2, 0) is 4.74 Å². The summed E-state index contributed by atoms with van der Waals surface area (Å²) in [5, 5.41) is 16.2. The van der Waals surface area contributed by atoms with E-state index in [1.165, 1.54) is 9.58 Å². The quantitative estimate of drug-likeness (QED) is 0.779. The van der Waals surface area contributed by atoms with Gasteiger partial charge in [0.1, 0.15) is 0 Å². The highest BCUT2D eigenvalue weighted by atomic mass is 16.5. The zero-order valence-electron chi connectivity index (χ0n) is 14.5. The molecule has 0 aliphatic heterocycles. The molecule has 1 aromatic carbocycles. The SMILES string of the molecule is CCOC(=O)c1ccn(-c2ccccc2NC(=O)N(C)[C@H](C)CO)n1. The number of hydrogen-bond donors (Lipinski definition) is 2. The van der Waals surface area contributed by atoms with Crippen molar-refractivity contribution in [3.8, 4) is 5.69 Å². The molecule has 8 heteroatoms. The number of hydrogen-bond acceptors (Lipinski definition) is 5. The van der Waals surface area contributed by atoms with Crippen molar-refractivity contribution in [3.63, 3.8) is 0 Å². The fraction of sp³-hybridized carbons (Fsp3) is 0.353. The van der Waals surface area contributed by atoms with E-state index < -0.39 is 5.97 Å². The first kappa shape index (κ1) is 18.5. The van der Waals surface area contributed by atoms with Crippen LogP contribution in [0.4, 0.5) is 10.5 Å². The highest BCUT2D eigenvalue weighted by Gasteiger charge is 2.17. The molecule has 2 N–H and O–H groups in total. The maximum absolute atomic E-state index is 12.3. The molecule has 0 saturated heterocycles. The molecular weight excluding hydrogens is 324 g/mol. The first-order chi connectivity index (χ1) is 12.0. The van der Waals surface area contributed by atoms with Gasteiger partial charge in [0.15, 0.2) is 5.69 Å². The van der Waals surface area contributed by atoms with E-state index in [-0.39, 0.29) is 31.0 Å². The highest BCUT2D eigenvalue weighted by Crippen LogP contribution is 2.20. The molecule has 0 unspecified atom stereocenters. The molecule has 0 saturated carbocycles. The van der Waals surface area contributed by atoms with Crippen molar-refractivity contribution in [1.82, 2.24) is 14.7 Å². The topological polar surface area (TPSA) is 96.7 Å². The Kier molecular flexibility index (Phi) is 6.13. The number of anilines is 1. The lowest BCUT2D eigenvalue weighted by Gasteiger charge is -2.24. The van der Waals surface area contributed by atoms with Crippen molar-refractivity contribution in [2.45, 2.75) is 19.9 Å². The molecule has 0 fully saturated rings. The van der Waals surface area contributed by atoms with Gasteiger partial charge in [-0.3, -0.25) is 0 Å². The zero-order chi connectivity index (χ0) is 18.4. The number of nitrogens with zero attached hydrogens (tertiary/aromatic N) is 3. The third-order valence-corrected chi connectivity index (χ3v) is 3.71. The third kappa shape index (κ3) is 4.36. The van der Waals surface area contributed by atoms with Crippen LogP contribution in [0.5, 0.6) is 0 Å². The summed E-state index contributed by atoms with van der Waals surface area (Å²) in [6.45, 7) is 3.61. The van der Waals surface area contributed by atoms with Crippen LogP contribution in [0.25, 0.3) is 5.69 Å². The number of carbonyl (C=O) groups excluding carboxylic acids is 2. The van der Waals surface area contributed by atoms with E-state index in [0.29, 0.717) is 11.4 Å². The number of para-hydroxylation sites is 2. The number of aliphatic hydroxyl groups excluding tert-OH is 1. The Morgan fingerprint density at radius 3 is 2.76 bits per heavy atom. The monoisotopic (exact) mass is 346 g/mol. The third-order valence-electron chi connectivity index (χ3n) is 3.71. The number of likely N-dealkylation sites (N-methyl/N-ethyl adjacent to an activating group) is 1. The minimum absolute atomic E-state index is 0.131. The fourth-order valence-corrected chi connectivity index (χ4v) is 2.08. The van der Waals surface area contributed by atoms with Crippen molar-refractivity contribution < 1.29 is 19.4 Å². The van der Waals surface area contributed by atoms with E-state index in [1.54, 1.807) is 57.4 Å². The van der Waals surface area contributed by atoms with Crippen molar-refractivity contribution in [3.05, 3.63) is 42.2 Å². The van der Waals surface area contributed by atoms with Gasteiger partial charge in [-0.05, 0) is 32.0 Å². The Bertz CT molecular complexity index is 744. The number of benzene rings is 1. The van der Waals surface area contributed by atoms with Crippen LogP contribution in [0.3, 0.4) is 0 Å². The van der Waals surface area contributed by atoms with Crippen LogP contribution in [0.1, 0.15) is 24.3 Å². The summed E-state index contributed by atoms with van der Waals surface area (Å²) in [6, 6.07) is 7.97. The molecule has 2 amide bonds. The summed E-state index contributed by atoms with van der Waals surface area (Å²) in [4.78, 5) is 25.5. The number of carbonyl (C=O) groups is 2. The summed E-state index contributed by atoms with van der Waals surface area (Å²) < 4.78 is 6.42. The van der Waals surface area contributed by atoms with Gasteiger partial charge in [0.05, 0.1) is 30.6 Å². The number of aromatic nitrogens is 2. The lowest BCUT2D eigenvalue weighted by molar-refractivity contribution is 0.0519. The van der Waals surface area contributed by atoms with Crippen LogP contribution >= 0.6 is 0 Å². The Morgan fingerprint density at radius 1 is 1.36 bits per heavy atom. The first-order valence-electron chi connectivity index (χ1n) is 7.94. The lowest BCUT2D eigenvalue weighted by atomic mass is 10.2. The highest BCUT2D eigenvalue weighted by molar-refractivity contribution is 5.91. The molecule has 1 atom stereocenters. The smallest absolute Gasteiger partial charge is 0.358 e. The van der Waals surface area contributed by atoms with E-state index in [4.69, 9.17) is 4.74 Å². The second-order valence-electron chi connectivity index (χ2n) is 5.46. The number of amides is 2. The van der Waals surface area contributed by atoms with Crippen LogP contribution in [0.2, 0.25) is 0 Å². The molecule has 1 heterocycles.